The monoisotopic (exact) mass is 284 g/mol. The molecule has 3 heterocycles. The molecule has 6 nitrogen and oxygen atoms in total. The highest BCUT2D eigenvalue weighted by molar-refractivity contribution is 7.19. The highest BCUT2D eigenvalue weighted by Gasteiger charge is 2.19. The standard InChI is InChI=1S/C10H9ClN4O2S/c11-10-13-8(15-1-3-17-4-2-15)7-9(14-10)18-6(5-16)12-7/h5H,1-4H2. The van der Waals surface area contributed by atoms with E-state index in [1.807, 2.05) is 4.90 Å². The molecular weight excluding hydrogens is 276 g/mol. The zero-order valence-electron chi connectivity index (χ0n) is 9.30. The maximum Gasteiger partial charge on any atom is 0.225 e. The third kappa shape index (κ3) is 2.05. The Balaban J connectivity index is 2.13. The number of anilines is 1. The first kappa shape index (κ1) is 11.8. The van der Waals surface area contributed by atoms with Crippen molar-refractivity contribution in [3.63, 3.8) is 0 Å². The molecule has 0 amide bonds. The van der Waals surface area contributed by atoms with Gasteiger partial charge in [-0.15, -0.1) is 0 Å². The maximum atomic E-state index is 10.8. The van der Waals surface area contributed by atoms with E-state index in [9.17, 15) is 4.79 Å². The van der Waals surface area contributed by atoms with E-state index in [4.69, 9.17) is 16.3 Å². The number of thiazole rings is 1. The van der Waals surface area contributed by atoms with Crippen LogP contribution in [0.1, 0.15) is 9.80 Å². The first-order valence-corrected chi connectivity index (χ1v) is 6.59. The number of ether oxygens (including phenoxy) is 1. The van der Waals surface area contributed by atoms with Crippen LogP contribution in [0.15, 0.2) is 0 Å². The van der Waals surface area contributed by atoms with Crippen molar-refractivity contribution in [3.05, 3.63) is 10.3 Å². The van der Waals surface area contributed by atoms with Gasteiger partial charge in [-0.2, -0.15) is 4.98 Å². The number of aromatic nitrogens is 3. The Morgan fingerprint density at radius 2 is 2.06 bits per heavy atom. The largest absolute Gasteiger partial charge is 0.378 e. The fourth-order valence-corrected chi connectivity index (χ4v) is 2.81. The van der Waals surface area contributed by atoms with Gasteiger partial charge in [0.1, 0.15) is 5.52 Å². The van der Waals surface area contributed by atoms with Crippen LogP contribution in [-0.2, 0) is 4.74 Å². The third-order valence-corrected chi connectivity index (χ3v) is 3.68. The topological polar surface area (TPSA) is 68.2 Å². The molecule has 3 rings (SSSR count). The average Bonchev–Trinajstić information content (AvgIpc) is 2.81. The van der Waals surface area contributed by atoms with Crippen molar-refractivity contribution in [1.82, 2.24) is 15.0 Å². The minimum absolute atomic E-state index is 0.171. The normalized spacial score (nSPS) is 16.2. The summed E-state index contributed by atoms with van der Waals surface area (Å²) in [5, 5.41) is 0.557. The molecule has 0 aliphatic carbocycles. The number of rotatable bonds is 2. The number of carbonyl (C=O) groups excluding carboxylic acids is 1. The van der Waals surface area contributed by atoms with E-state index in [2.05, 4.69) is 15.0 Å². The number of hydrogen-bond acceptors (Lipinski definition) is 7. The second kappa shape index (κ2) is 4.75. The second-order valence-corrected chi connectivity index (χ2v) is 5.09. The molecule has 0 spiro atoms. The Kier molecular flexibility index (Phi) is 3.11. The summed E-state index contributed by atoms with van der Waals surface area (Å²) in [6.07, 6.45) is 0.712. The first-order chi connectivity index (χ1) is 8.78. The van der Waals surface area contributed by atoms with Gasteiger partial charge in [0.25, 0.3) is 0 Å². The fourth-order valence-electron chi connectivity index (χ4n) is 1.84. The number of aldehydes is 1. The Hall–Kier alpha value is -1.31. The Morgan fingerprint density at radius 1 is 1.28 bits per heavy atom. The molecule has 94 valence electrons. The smallest absolute Gasteiger partial charge is 0.225 e. The highest BCUT2D eigenvalue weighted by atomic mass is 35.5. The van der Waals surface area contributed by atoms with E-state index < -0.39 is 0 Å². The van der Waals surface area contributed by atoms with Crippen molar-refractivity contribution >= 4 is 45.4 Å². The number of hydrogen-bond donors (Lipinski definition) is 0. The maximum absolute atomic E-state index is 10.8. The lowest BCUT2D eigenvalue weighted by Crippen LogP contribution is -2.37. The molecule has 1 fully saturated rings. The molecule has 1 aliphatic rings. The predicted molar refractivity (Wildman–Crippen MR) is 68.6 cm³/mol. The van der Waals surface area contributed by atoms with E-state index in [1.165, 1.54) is 11.3 Å². The van der Waals surface area contributed by atoms with Gasteiger partial charge in [0, 0.05) is 13.1 Å². The summed E-state index contributed by atoms with van der Waals surface area (Å²) in [6.45, 7) is 2.76. The molecule has 0 radical (unpaired) electrons. The molecular formula is C10H9ClN4O2S. The number of carbonyl (C=O) groups is 1. The van der Waals surface area contributed by atoms with Gasteiger partial charge in [-0.3, -0.25) is 4.79 Å². The van der Waals surface area contributed by atoms with E-state index >= 15 is 0 Å². The van der Waals surface area contributed by atoms with Gasteiger partial charge in [0.15, 0.2) is 21.9 Å². The van der Waals surface area contributed by atoms with Gasteiger partial charge in [-0.05, 0) is 11.6 Å². The molecule has 18 heavy (non-hydrogen) atoms. The van der Waals surface area contributed by atoms with Gasteiger partial charge >= 0.3 is 0 Å². The third-order valence-electron chi connectivity index (χ3n) is 2.64. The van der Waals surface area contributed by atoms with Gasteiger partial charge < -0.3 is 9.64 Å². The number of fused-ring (bicyclic) bond motifs is 1. The average molecular weight is 285 g/mol. The van der Waals surface area contributed by atoms with E-state index in [-0.39, 0.29) is 5.28 Å². The minimum Gasteiger partial charge on any atom is -0.378 e. The lowest BCUT2D eigenvalue weighted by atomic mass is 10.4. The molecule has 8 heteroatoms. The summed E-state index contributed by atoms with van der Waals surface area (Å²) in [5.74, 6) is 0.678. The summed E-state index contributed by atoms with van der Waals surface area (Å²) in [4.78, 5) is 26.0. The van der Waals surface area contributed by atoms with Crippen LogP contribution in [0.2, 0.25) is 5.28 Å². The summed E-state index contributed by atoms with van der Waals surface area (Å²) in [6, 6.07) is 0. The van der Waals surface area contributed by atoms with Crippen LogP contribution in [0, 0.1) is 0 Å². The van der Waals surface area contributed by atoms with Crippen LogP contribution >= 0.6 is 22.9 Å². The number of morpholine rings is 1. The Bertz CT molecular complexity index is 597. The molecule has 0 N–H and O–H groups in total. The quantitative estimate of drug-likeness (QED) is 0.613. The van der Waals surface area contributed by atoms with Crippen LogP contribution in [0.4, 0.5) is 5.82 Å². The second-order valence-electron chi connectivity index (χ2n) is 3.74. The summed E-state index contributed by atoms with van der Waals surface area (Å²) >= 11 is 7.12. The van der Waals surface area contributed by atoms with Crippen LogP contribution in [0.25, 0.3) is 10.3 Å². The predicted octanol–water partition coefficient (Wildman–Crippen LogP) is 1.39. The molecule has 0 aromatic carbocycles. The Morgan fingerprint density at radius 3 is 2.78 bits per heavy atom. The van der Waals surface area contributed by atoms with Gasteiger partial charge in [-0.1, -0.05) is 11.3 Å². The van der Waals surface area contributed by atoms with Crippen LogP contribution in [0.3, 0.4) is 0 Å². The van der Waals surface area contributed by atoms with Crippen molar-refractivity contribution in [2.24, 2.45) is 0 Å². The zero-order valence-corrected chi connectivity index (χ0v) is 10.9. The number of nitrogens with zero attached hydrogens (tertiary/aromatic N) is 4. The summed E-state index contributed by atoms with van der Waals surface area (Å²) in [7, 11) is 0. The minimum atomic E-state index is 0.171. The van der Waals surface area contributed by atoms with Crippen molar-refractivity contribution in [2.75, 3.05) is 31.2 Å². The summed E-state index contributed by atoms with van der Waals surface area (Å²) in [5.41, 5.74) is 0.633. The SMILES string of the molecule is O=Cc1nc2c(N3CCOCC3)nc(Cl)nc2s1. The molecule has 0 atom stereocenters. The van der Waals surface area contributed by atoms with E-state index in [0.29, 0.717) is 40.7 Å². The number of halogens is 1. The molecule has 1 saturated heterocycles. The van der Waals surface area contributed by atoms with Crippen LogP contribution in [0.5, 0.6) is 0 Å². The van der Waals surface area contributed by atoms with E-state index in [0.717, 1.165) is 13.1 Å². The van der Waals surface area contributed by atoms with Gasteiger partial charge in [0.2, 0.25) is 5.28 Å². The van der Waals surface area contributed by atoms with Crippen molar-refractivity contribution in [1.29, 1.82) is 0 Å². The van der Waals surface area contributed by atoms with Crippen molar-refractivity contribution in [3.8, 4) is 0 Å². The van der Waals surface area contributed by atoms with Crippen molar-refractivity contribution < 1.29 is 9.53 Å². The lowest BCUT2D eigenvalue weighted by Gasteiger charge is -2.27. The molecule has 2 aromatic heterocycles. The molecule has 0 bridgehead atoms. The van der Waals surface area contributed by atoms with Crippen LogP contribution < -0.4 is 4.90 Å². The van der Waals surface area contributed by atoms with Gasteiger partial charge in [0.05, 0.1) is 13.2 Å². The lowest BCUT2D eigenvalue weighted by molar-refractivity contribution is 0.112. The zero-order chi connectivity index (χ0) is 12.5. The van der Waals surface area contributed by atoms with Gasteiger partial charge in [-0.25, -0.2) is 9.97 Å². The highest BCUT2D eigenvalue weighted by Crippen LogP contribution is 2.28. The van der Waals surface area contributed by atoms with E-state index in [1.54, 1.807) is 0 Å². The first-order valence-electron chi connectivity index (χ1n) is 5.40. The van der Waals surface area contributed by atoms with Crippen LogP contribution in [-0.4, -0.2) is 47.5 Å². The molecule has 0 unspecified atom stereocenters. The molecule has 2 aromatic rings. The fraction of sp³-hybridized carbons (Fsp3) is 0.400. The van der Waals surface area contributed by atoms with Crippen molar-refractivity contribution in [2.45, 2.75) is 0 Å². The summed E-state index contributed by atoms with van der Waals surface area (Å²) < 4.78 is 5.30. The molecule has 0 saturated carbocycles. The molecule has 1 aliphatic heterocycles. The Labute approximate surface area is 112 Å².